The van der Waals surface area contributed by atoms with Crippen molar-refractivity contribution in [1.29, 1.82) is 0 Å². The molecule has 0 fully saturated rings. The average molecular weight is 475 g/mol. The molecule has 1 aliphatic heterocycles. The summed E-state index contributed by atoms with van der Waals surface area (Å²) in [6.07, 6.45) is 3.80. The summed E-state index contributed by atoms with van der Waals surface area (Å²) in [7, 11) is 0. The average Bonchev–Trinajstić information content (AvgIpc) is 3.54. The second-order valence-corrected chi connectivity index (χ2v) is 10.2. The Kier molecular flexibility index (Phi) is 4.46. The lowest BCUT2D eigenvalue weighted by Crippen LogP contribution is -2.05. The van der Waals surface area contributed by atoms with E-state index in [9.17, 15) is 0 Å². The highest BCUT2D eigenvalue weighted by molar-refractivity contribution is 6.23. The number of nitrogens with one attached hydrogen (secondary N) is 2. The Labute approximate surface area is 208 Å². The van der Waals surface area contributed by atoms with Crippen LogP contribution in [0.15, 0.2) is 48.8 Å². The smallest absolute Gasteiger partial charge is 0.132 e. The number of nitrogens with zero attached hydrogens (tertiary/aromatic N) is 4. The normalized spacial score (nSPS) is 13.1. The Balaban J connectivity index is 1.40. The lowest BCUT2D eigenvalue weighted by Gasteiger charge is -2.18. The van der Waals surface area contributed by atoms with Gasteiger partial charge < -0.3 is 9.72 Å². The molecule has 1 aliphatic rings. The summed E-state index contributed by atoms with van der Waals surface area (Å²) in [5.41, 5.74) is 7.13. The minimum Gasteiger partial charge on any atom is -0.487 e. The fraction of sp³-hybridized carbons (Fsp3) is 0.241. The first kappa shape index (κ1) is 21.1. The fourth-order valence-corrected chi connectivity index (χ4v) is 5.11. The van der Waals surface area contributed by atoms with E-state index in [1.165, 1.54) is 0 Å². The van der Waals surface area contributed by atoms with Crippen molar-refractivity contribution in [3.63, 3.8) is 0 Å². The van der Waals surface area contributed by atoms with Crippen LogP contribution in [-0.4, -0.2) is 30.1 Å². The van der Waals surface area contributed by atoms with Gasteiger partial charge in [-0.2, -0.15) is 5.10 Å². The number of ether oxygens (including phenoxy) is 1. The van der Waals surface area contributed by atoms with E-state index in [1.807, 2.05) is 12.4 Å². The molecule has 0 aliphatic carbocycles. The molecule has 3 aromatic carbocycles. The second kappa shape index (κ2) is 7.62. The number of rotatable bonds is 3. The molecule has 7 nitrogen and oxygen atoms in total. The van der Waals surface area contributed by atoms with Crippen LogP contribution in [0.2, 0.25) is 0 Å². The van der Waals surface area contributed by atoms with Crippen LogP contribution in [0, 0.1) is 0 Å². The van der Waals surface area contributed by atoms with Crippen molar-refractivity contribution >= 4 is 32.6 Å². The van der Waals surface area contributed by atoms with E-state index in [0.29, 0.717) is 12.5 Å². The number of benzene rings is 3. The number of aromatic amines is 2. The van der Waals surface area contributed by atoms with Gasteiger partial charge in [-0.25, -0.2) is 15.0 Å². The SMILES string of the molecule is CC(C)c1nc2c3ccc(-c4ccc5c(c4)OCc4[nH]c(C(C)C)nc4-5)cc3c3c[nH]ncc3c2n1. The van der Waals surface area contributed by atoms with Gasteiger partial charge in [0.2, 0.25) is 0 Å². The molecular weight excluding hydrogens is 448 g/mol. The van der Waals surface area contributed by atoms with E-state index in [-0.39, 0.29) is 5.92 Å². The summed E-state index contributed by atoms with van der Waals surface area (Å²) in [5, 5.41) is 11.6. The second-order valence-electron chi connectivity index (χ2n) is 10.2. The molecule has 0 radical (unpaired) electrons. The summed E-state index contributed by atoms with van der Waals surface area (Å²) >= 11 is 0. The zero-order valence-corrected chi connectivity index (χ0v) is 20.7. The van der Waals surface area contributed by atoms with Crippen molar-refractivity contribution < 1.29 is 4.74 Å². The van der Waals surface area contributed by atoms with E-state index in [4.69, 9.17) is 19.7 Å². The van der Waals surface area contributed by atoms with Crippen LogP contribution in [0.3, 0.4) is 0 Å². The van der Waals surface area contributed by atoms with Crippen LogP contribution in [-0.2, 0) is 6.61 Å². The van der Waals surface area contributed by atoms with Crippen molar-refractivity contribution in [3.05, 3.63) is 66.1 Å². The third kappa shape index (κ3) is 3.05. The number of imidazole rings is 2. The highest BCUT2D eigenvalue weighted by Crippen LogP contribution is 2.41. The highest BCUT2D eigenvalue weighted by Gasteiger charge is 2.23. The van der Waals surface area contributed by atoms with Crippen molar-refractivity contribution in [1.82, 2.24) is 30.1 Å². The number of hydrogen-bond donors (Lipinski definition) is 2. The van der Waals surface area contributed by atoms with Gasteiger partial charge in [0.1, 0.15) is 29.5 Å². The molecular formula is C29H26N6O. The summed E-state index contributed by atoms with van der Waals surface area (Å²) < 4.78 is 6.14. The predicted octanol–water partition coefficient (Wildman–Crippen LogP) is 6.86. The van der Waals surface area contributed by atoms with Gasteiger partial charge in [0.25, 0.3) is 0 Å². The van der Waals surface area contributed by atoms with Gasteiger partial charge in [0.15, 0.2) is 0 Å². The van der Waals surface area contributed by atoms with E-state index in [1.54, 1.807) is 0 Å². The van der Waals surface area contributed by atoms with E-state index < -0.39 is 0 Å². The van der Waals surface area contributed by atoms with Gasteiger partial charge in [0, 0.05) is 39.8 Å². The molecule has 178 valence electrons. The Hall–Kier alpha value is -4.26. The van der Waals surface area contributed by atoms with Gasteiger partial charge in [-0.3, -0.25) is 5.10 Å². The van der Waals surface area contributed by atoms with Crippen molar-refractivity contribution in [2.75, 3.05) is 0 Å². The van der Waals surface area contributed by atoms with Crippen molar-refractivity contribution in [2.24, 2.45) is 0 Å². The predicted molar refractivity (Wildman–Crippen MR) is 142 cm³/mol. The molecule has 0 bridgehead atoms. The number of aromatic nitrogens is 6. The first-order chi connectivity index (χ1) is 17.5. The third-order valence-corrected chi connectivity index (χ3v) is 7.07. The minimum atomic E-state index is 0.257. The fourth-order valence-electron chi connectivity index (χ4n) is 5.11. The van der Waals surface area contributed by atoms with Crippen molar-refractivity contribution in [3.8, 4) is 28.1 Å². The number of fused-ring (bicyclic) bond motifs is 9. The maximum Gasteiger partial charge on any atom is 0.132 e. The summed E-state index contributed by atoms with van der Waals surface area (Å²) in [4.78, 5) is 18.0. The zero-order valence-electron chi connectivity index (χ0n) is 20.7. The number of H-pyrrole nitrogens is 2. The third-order valence-electron chi connectivity index (χ3n) is 7.07. The molecule has 0 spiro atoms. The van der Waals surface area contributed by atoms with Crippen LogP contribution >= 0.6 is 0 Å². The Morgan fingerprint density at radius 3 is 2.39 bits per heavy atom. The van der Waals surface area contributed by atoms with Crippen LogP contribution < -0.4 is 4.74 Å². The van der Waals surface area contributed by atoms with Gasteiger partial charge in [0.05, 0.1) is 23.1 Å². The minimum absolute atomic E-state index is 0.257. The molecule has 2 N–H and O–H groups in total. The largest absolute Gasteiger partial charge is 0.487 e. The standard InChI is InChI=1S/C29H26N6O/c1-14(2)28-32-23-13-36-24-10-17(6-8-19(24)25(23)33-28)16-5-7-18-20(9-16)21-11-30-31-12-22(21)27-26(18)34-29(35-27)15(3)4/h5-12,14-15,30H,13H2,1-4H3,(H,32,33). The highest BCUT2D eigenvalue weighted by atomic mass is 16.5. The van der Waals surface area contributed by atoms with Crippen LogP contribution in [0.5, 0.6) is 5.75 Å². The molecule has 4 heterocycles. The van der Waals surface area contributed by atoms with Crippen LogP contribution in [0.25, 0.3) is 55.0 Å². The van der Waals surface area contributed by atoms with E-state index in [2.05, 4.69) is 79.3 Å². The first-order valence-corrected chi connectivity index (χ1v) is 12.4. The first-order valence-electron chi connectivity index (χ1n) is 12.4. The summed E-state index contributed by atoms with van der Waals surface area (Å²) in [6.45, 7) is 9.03. The van der Waals surface area contributed by atoms with E-state index in [0.717, 1.165) is 78.1 Å². The monoisotopic (exact) mass is 474 g/mol. The molecule has 0 saturated heterocycles. The van der Waals surface area contributed by atoms with Gasteiger partial charge in [-0.15, -0.1) is 0 Å². The Morgan fingerprint density at radius 1 is 0.806 bits per heavy atom. The van der Waals surface area contributed by atoms with Crippen LogP contribution in [0.1, 0.15) is 56.9 Å². The van der Waals surface area contributed by atoms with Gasteiger partial charge in [-0.05, 0) is 34.7 Å². The summed E-state index contributed by atoms with van der Waals surface area (Å²) in [5.74, 6) is 3.32. The molecule has 36 heavy (non-hydrogen) atoms. The molecule has 0 saturated carbocycles. The molecule has 7 rings (SSSR count). The Bertz CT molecular complexity index is 1810. The molecule has 0 atom stereocenters. The maximum atomic E-state index is 6.14. The molecule has 0 amide bonds. The Morgan fingerprint density at radius 2 is 1.58 bits per heavy atom. The molecule has 7 heteroatoms. The lowest BCUT2D eigenvalue weighted by molar-refractivity contribution is 0.298. The number of hydrogen-bond acceptors (Lipinski definition) is 5. The topological polar surface area (TPSA) is 92.4 Å². The lowest BCUT2D eigenvalue weighted by atomic mass is 9.95. The molecule has 3 aromatic heterocycles. The van der Waals surface area contributed by atoms with Gasteiger partial charge >= 0.3 is 0 Å². The molecule has 6 aromatic rings. The van der Waals surface area contributed by atoms with Crippen LogP contribution in [0.4, 0.5) is 0 Å². The maximum absolute atomic E-state index is 6.14. The van der Waals surface area contributed by atoms with Crippen molar-refractivity contribution in [2.45, 2.75) is 46.1 Å². The summed E-state index contributed by atoms with van der Waals surface area (Å²) in [6, 6.07) is 12.9. The zero-order chi connectivity index (χ0) is 24.6. The quantitative estimate of drug-likeness (QED) is 0.274. The van der Waals surface area contributed by atoms with E-state index >= 15 is 0 Å². The van der Waals surface area contributed by atoms with Gasteiger partial charge in [-0.1, -0.05) is 45.9 Å². The molecule has 0 unspecified atom stereocenters.